The molecule has 1 saturated carbocycles. The van der Waals surface area contributed by atoms with Crippen molar-refractivity contribution in [1.82, 2.24) is 15.0 Å². The maximum absolute atomic E-state index is 13.9. The van der Waals surface area contributed by atoms with Gasteiger partial charge in [-0.1, -0.05) is 37.5 Å². The molecule has 2 aromatic heterocycles. The van der Waals surface area contributed by atoms with E-state index in [1.807, 2.05) is 24.3 Å². The SMILES string of the molecule is Fc1ccccc1CNc1cc(-c2ccncc2)nc(NC2CCCCC2)n1. The Morgan fingerprint density at radius 3 is 2.54 bits per heavy atom. The van der Waals surface area contributed by atoms with E-state index in [0.29, 0.717) is 29.9 Å². The minimum Gasteiger partial charge on any atom is -0.366 e. The van der Waals surface area contributed by atoms with Gasteiger partial charge in [0.25, 0.3) is 0 Å². The Bertz CT molecular complexity index is 910. The summed E-state index contributed by atoms with van der Waals surface area (Å²) in [6.45, 7) is 0.363. The molecule has 6 heteroatoms. The highest BCUT2D eigenvalue weighted by Gasteiger charge is 2.15. The molecule has 28 heavy (non-hydrogen) atoms. The van der Waals surface area contributed by atoms with Gasteiger partial charge in [-0.05, 0) is 31.0 Å². The van der Waals surface area contributed by atoms with Crippen LogP contribution in [0.2, 0.25) is 0 Å². The van der Waals surface area contributed by atoms with Crippen LogP contribution in [0.4, 0.5) is 16.2 Å². The van der Waals surface area contributed by atoms with Crippen molar-refractivity contribution in [3.05, 3.63) is 66.2 Å². The second-order valence-electron chi connectivity index (χ2n) is 7.12. The summed E-state index contributed by atoms with van der Waals surface area (Å²) in [6.07, 6.45) is 9.55. The van der Waals surface area contributed by atoms with Crippen molar-refractivity contribution < 1.29 is 4.39 Å². The highest BCUT2D eigenvalue weighted by Crippen LogP contribution is 2.24. The van der Waals surface area contributed by atoms with Crippen molar-refractivity contribution in [3.8, 4) is 11.3 Å². The molecule has 0 atom stereocenters. The molecule has 144 valence electrons. The Balaban J connectivity index is 1.58. The number of hydrogen-bond donors (Lipinski definition) is 2. The average molecular weight is 377 g/mol. The maximum Gasteiger partial charge on any atom is 0.225 e. The van der Waals surface area contributed by atoms with E-state index in [0.717, 1.165) is 24.1 Å². The van der Waals surface area contributed by atoms with Crippen LogP contribution in [-0.2, 0) is 6.54 Å². The standard InChI is InChI=1S/C22H24FN5/c23-19-9-5-4-6-17(19)15-25-21-14-20(16-10-12-24-13-11-16)27-22(28-21)26-18-7-2-1-3-8-18/h4-6,9-14,18H,1-3,7-8,15H2,(H2,25,26,27,28). The Morgan fingerprint density at radius 1 is 0.964 bits per heavy atom. The molecule has 0 radical (unpaired) electrons. The number of halogens is 1. The van der Waals surface area contributed by atoms with E-state index < -0.39 is 0 Å². The number of nitrogens with one attached hydrogen (secondary N) is 2. The Morgan fingerprint density at radius 2 is 1.75 bits per heavy atom. The number of nitrogens with zero attached hydrogens (tertiary/aromatic N) is 3. The van der Waals surface area contributed by atoms with Gasteiger partial charge in [0.1, 0.15) is 11.6 Å². The fourth-order valence-electron chi connectivity index (χ4n) is 3.53. The monoisotopic (exact) mass is 377 g/mol. The number of pyridine rings is 1. The van der Waals surface area contributed by atoms with Gasteiger partial charge in [-0.2, -0.15) is 4.98 Å². The van der Waals surface area contributed by atoms with Gasteiger partial charge >= 0.3 is 0 Å². The summed E-state index contributed by atoms with van der Waals surface area (Å²) in [6, 6.07) is 12.9. The van der Waals surface area contributed by atoms with Crippen molar-refractivity contribution in [1.29, 1.82) is 0 Å². The number of hydrogen-bond acceptors (Lipinski definition) is 5. The smallest absolute Gasteiger partial charge is 0.225 e. The molecule has 0 amide bonds. The molecule has 4 rings (SSSR count). The van der Waals surface area contributed by atoms with Crippen molar-refractivity contribution in [2.45, 2.75) is 44.7 Å². The topological polar surface area (TPSA) is 62.7 Å². The van der Waals surface area contributed by atoms with Crippen LogP contribution < -0.4 is 10.6 Å². The Hall–Kier alpha value is -3.02. The van der Waals surface area contributed by atoms with Gasteiger partial charge in [0.15, 0.2) is 0 Å². The van der Waals surface area contributed by atoms with E-state index in [9.17, 15) is 4.39 Å². The summed E-state index contributed by atoms with van der Waals surface area (Å²) >= 11 is 0. The molecule has 1 aliphatic carbocycles. The van der Waals surface area contributed by atoms with Gasteiger partial charge in [0.2, 0.25) is 5.95 Å². The second kappa shape index (κ2) is 8.78. The molecule has 0 aliphatic heterocycles. The summed E-state index contributed by atoms with van der Waals surface area (Å²) in [5.41, 5.74) is 2.39. The molecular formula is C22H24FN5. The van der Waals surface area contributed by atoms with Crippen LogP contribution in [0.5, 0.6) is 0 Å². The summed E-state index contributed by atoms with van der Waals surface area (Å²) in [5, 5.41) is 6.73. The first-order chi connectivity index (χ1) is 13.8. The van der Waals surface area contributed by atoms with Crippen LogP contribution in [0.3, 0.4) is 0 Å². The molecule has 0 unspecified atom stereocenters. The van der Waals surface area contributed by atoms with E-state index >= 15 is 0 Å². The molecule has 1 aromatic carbocycles. The highest BCUT2D eigenvalue weighted by atomic mass is 19.1. The summed E-state index contributed by atoms with van der Waals surface area (Å²) < 4.78 is 13.9. The van der Waals surface area contributed by atoms with E-state index in [-0.39, 0.29) is 5.82 Å². The average Bonchev–Trinajstić information content (AvgIpc) is 2.74. The molecule has 1 fully saturated rings. The van der Waals surface area contributed by atoms with Crippen molar-refractivity contribution >= 4 is 11.8 Å². The van der Waals surface area contributed by atoms with Crippen molar-refractivity contribution in [2.75, 3.05) is 10.6 Å². The lowest BCUT2D eigenvalue weighted by Crippen LogP contribution is -2.23. The molecule has 0 spiro atoms. The summed E-state index contributed by atoms with van der Waals surface area (Å²) in [4.78, 5) is 13.4. The van der Waals surface area contributed by atoms with Gasteiger partial charge in [-0.3, -0.25) is 4.98 Å². The zero-order chi connectivity index (χ0) is 19.2. The van der Waals surface area contributed by atoms with Gasteiger partial charge in [-0.15, -0.1) is 0 Å². The third kappa shape index (κ3) is 4.63. The quantitative estimate of drug-likeness (QED) is 0.630. The summed E-state index contributed by atoms with van der Waals surface area (Å²) in [5.74, 6) is 1.06. The van der Waals surface area contributed by atoms with Crippen LogP contribution in [-0.4, -0.2) is 21.0 Å². The zero-order valence-corrected chi connectivity index (χ0v) is 15.7. The fraction of sp³-hybridized carbons (Fsp3) is 0.318. The zero-order valence-electron chi connectivity index (χ0n) is 15.7. The van der Waals surface area contributed by atoms with E-state index in [1.165, 1.54) is 25.3 Å². The van der Waals surface area contributed by atoms with Crippen LogP contribution in [0.1, 0.15) is 37.7 Å². The van der Waals surface area contributed by atoms with Gasteiger partial charge < -0.3 is 10.6 Å². The highest BCUT2D eigenvalue weighted by molar-refractivity contribution is 5.64. The fourth-order valence-corrected chi connectivity index (χ4v) is 3.53. The number of benzene rings is 1. The first-order valence-electron chi connectivity index (χ1n) is 9.81. The lowest BCUT2D eigenvalue weighted by molar-refractivity contribution is 0.461. The lowest BCUT2D eigenvalue weighted by Gasteiger charge is -2.23. The first-order valence-corrected chi connectivity index (χ1v) is 9.81. The third-order valence-corrected chi connectivity index (χ3v) is 5.06. The largest absolute Gasteiger partial charge is 0.366 e. The minimum atomic E-state index is -0.223. The number of rotatable bonds is 6. The summed E-state index contributed by atoms with van der Waals surface area (Å²) in [7, 11) is 0. The predicted octanol–water partition coefficient (Wildman–Crippen LogP) is 5.03. The van der Waals surface area contributed by atoms with Crippen LogP contribution >= 0.6 is 0 Å². The van der Waals surface area contributed by atoms with Crippen molar-refractivity contribution in [3.63, 3.8) is 0 Å². The number of anilines is 2. The van der Waals surface area contributed by atoms with Gasteiger partial charge in [-0.25, -0.2) is 9.37 Å². The van der Waals surface area contributed by atoms with Crippen LogP contribution in [0, 0.1) is 5.82 Å². The molecule has 1 aliphatic rings. The maximum atomic E-state index is 13.9. The molecule has 0 saturated heterocycles. The molecule has 2 N–H and O–H groups in total. The van der Waals surface area contributed by atoms with Crippen LogP contribution in [0.15, 0.2) is 54.9 Å². The first kappa shape index (κ1) is 18.3. The Labute approximate surface area is 164 Å². The van der Waals surface area contributed by atoms with Gasteiger partial charge in [0.05, 0.1) is 5.69 Å². The molecule has 3 aromatic rings. The number of aromatic nitrogens is 3. The van der Waals surface area contributed by atoms with Crippen LogP contribution in [0.25, 0.3) is 11.3 Å². The normalized spacial score (nSPS) is 14.6. The van der Waals surface area contributed by atoms with E-state index in [1.54, 1.807) is 24.5 Å². The predicted molar refractivity (Wildman–Crippen MR) is 109 cm³/mol. The molecular weight excluding hydrogens is 353 g/mol. The second-order valence-corrected chi connectivity index (χ2v) is 7.12. The third-order valence-electron chi connectivity index (χ3n) is 5.06. The van der Waals surface area contributed by atoms with E-state index in [2.05, 4.69) is 20.6 Å². The molecule has 0 bridgehead atoms. The van der Waals surface area contributed by atoms with Gasteiger partial charge in [0, 0.05) is 42.2 Å². The lowest BCUT2D eigenvalue weighted by atomic mass is 9.96. The molecule has 2 heterocycles. The van der Waals surface area contributed by atoms with E-state index in [4.69, 9.17) is 4.98 Å². The van der Waals surface area contributed by atoms with Crippen molar-refractivity contribution in [2.24, 2.45) is 0 Å². The minimum absolute atomic E-state index is 0.223. The molecule has 5 nitrogen and oxygen atoms in total. The Kier molecular flexibility index (Phi) is 5.75.